The first-order valence-electron chi connectivity index (χ1n) is 8.21. The maximum absolute atomic E-state index is 12.2. The monoisotopic (exact) mass is 362 g/mol. The molecule has 0 atom stereocenters. The van der Waals surface area contributed by atoms with Gasteiger partial charge in [0.25, 0.3) is 5.69 Å². The summed E-state index contributed by atoms with van der Waals surface area (Å²) in [5.41, 5.74) is 2.67. The molecule has 2 aromatic carbocycles. The Kier molecular flexibility index (Phi) is 4.04. The third kappa shape index (κ3) is 3.22. The largest absolute Gasteiger partial charge is 0.488 e. The summed E-state index contributed by atoms with van der Waals surface area (Å²) in [5, 5.41) is 11.1. The number of aliphatic imine (C=N–C) groups is 1. The molecule has 7 nitrogen and oxygen atoms in total. The maximum atomic E-state index is 12.2. The molecular formula is C20H14N2O5. The number of rotatable bonds is 3. The van der Waals surface area contributed by atoms with Crippen molar-refractivity contribution in [2.24, 2.45) is 4.99 Å². The average molecular weight is 362 g/mol. The molecule has 0 saturated carbocycles. The molecule has 2 aliphatic heterocycles. The lowest BCUT2D eigenvalue weighted by molar-refractivity contribution is -0.385. The molecule has 0 spiro atoms. The zero-order chi connectivity index (χ0) is 19.0. The highest BCUT2D eigenvalue weighted by Gasteiger charge is 2.26. The molecule has 2 heterocycles. The SMILES string of the molecule is Cc1ccc(C2=N/C(=C/C3=Cc4ccccc4OC3)C(=O)O2)cc1[N+](=O)[O-]. The van der Waals surface area contributed by atoms with E-state index in [4.69, 9.17) is 9.47 Å². The van der Waals surface area contributed by atoms with Crippen molar-refractivity contribution in [2.75, 3.05) is 6.61 Å². The summed E-state index contributed by atoms with van der Waals surface area (Å²) in [7, 11) is 0. The van der Waals surface area contributed by atoms with Gasteiger partial charge in [0.15, 0.2) is 5.70 Å². The van der Waals surface area contributed by atoms with Crippen molar-refractivity contribution in [1.82, 2.24) is 0 Å². The summed E-state index contributed by atoms with van der Waals surface area (Å²) in [6.07, 6.45) is 3.53. The number of nitrogens with zero attached hydrogens (tertiary/aromatic N) is 2. The van der Waals surface area contributed by atoms with Gasteiger partial charge in [-0.05, 0) is 36.8 Å². The van der Waals surface area contributed by atoms with Crippen molar-refractivity contribution in [3.63, 3.8) is 0 Å². The number of benzene rings is 2. The van der Waals surface area contributed by atoms with Gasteiger partial charge in [-0.1, -0.05) is 24.3 Å². The minimum Gasteiger partial charge on any atom is -0.488 e. The van der Waals surface area contributed by atoms with Crippen LogP contribution in [0.3, 0.4) is 0 Å². The van der Waals surface area contributed by atoms with E-state index in [0.717, 1.165) is 16.9 Å². The van der Waals surface area contributed by atoms with Gasteiger partial charge in [-0.25, -0.2) is 9.79 Å². The molecule has 4 rings (SSSR count). The van der Waals surface area contributed by atoms with Crippen LogP contribution in [0.2, 0.25) is 0 Å². The summed E-state index contributed by atoms with van der Waals surface area (Å²) >= 11 is 0. The first kappa shape index (κ1) is 16.7. The fraction of sp³-hybridized carbons (Fsp3) is 0.100. The van der Waals surface area contributed by atoms with Gasteiger partial charge >= 0.3 is 5.97 Å². The first-order chi connectivity index (χ1) is 13.0. The summed E-state index contributed by atoms with van der Waals surface area (Å²) in [6, 6.07) is 12.2. The van der Waals surface area contributed by atoms with Crippen molar-refractivity contribution in [1.29, 1.82) is 0 Å². The van der Waals surface area contributed by atoms with E-state index < -0.39 is 10.9 Å². The Morgan fingerprint density at radius 2 is 2.04 bits per heavy atom. The third-order valence-electron chi connectivity index (χ3n) is 4.25. The van der Waals surface area contributed by atoms with E-state index in [2.05, 4.69) is 4.99 Å². The predicted molar refractivity (Wildman–Crippen MR) is 98.5 cm³/mol. The first-order valence-corrected chi connectivity index (χ1v) is 8.21. The molecule has 0 unspecified atom stereocenters. The molecule has 0 aliphatic carbocycles. The number of hydrogen-bond donors (Lipinski definition) is 0. The Balaban J connectivity index is 1.66. The molecule has 0 aromatic heterocycles. The molecule has 134 valence electrons. The number of aryl methyl sites for hydroxylation is 1. The highest BCUT2D eigenvalue weighted by atomic mass is 16.6. The van der Waals surface area contributed by atoms with E-state index in [0.29, 0.717) is 17.7 Å². The van der Waals surface area contributed by atoms with E-state index in [-0.39, 0.29) is 17.3 Å². The van der Waals surface area contributed by atoms with Crippen LogP contribution >= 0.6 is 0 Å². The number of carbonyl (C=O) groups is 1. The van der Waals surface area contributed by atoms with Crippen LogP contribution in [-0.2, 0) is 9.53 Å². The second-order valence-corrected chi connectivity index (χ2v) is 6.14. The van der Waals surface area contributed by atoms with Gasteiger partial charge in [0, 0.05) is 22.8 Å². The third-order valence-corrected chi connectivity index (χ3v) is 4.25. The van der Waals surface area contributed by atoms with Crippen LogP contribution in [-0.4, -0.2) is 23.4 Å². The summed E-state index contributed by atoms with van der Waals surface area (Å²) in [4.78, 5) is 27.0. The number of fused-ring (bicyclic) bond motifs is 1. The second-order valence-electron chi connectivity index (χ2n) is 6.14. The zero-order valence-electron chi connectivity index (χ0n) is 14.3. The van der Waals surface area contributed by atoms with Gasteiger partial charge < -0.3 is 9.47 Å². The lowest BCUT2D eigenvalue weighted by Crippen LogP contribution is -2.08. The lowest BCUT2D eigenvalue weighted by atomic mass is 10.1. The number of carbonyl (C=O) groups excluding carboxylic acids is 1. The number of nitro groups is 1. The van der Waals surface area contributed by atoms with Crippen molar-refractivity contribution in [3.8, 4) is 5.75 Å². The molecule has 2 aliphatic rings. The van der Waals surface area contributed by atoms with Crippen molar-refractivity contribution >= 4 is 23.6 Å². The Bertz CT molecular complexity index is 1070. The number of nitro benzene ring substituents is 1. The van der Waals surface area contributed by atoms with E-state index in [1.165, 1.54) is 6.07 Å². The standard InChI is InChI=1S/C20H14N2O5/c1-12-6-7-15(10-17(12)22(24)25)19-21-16(20(23)27-19)9-13-8-14-4-2-3-5-18(14)26-11-13/h2-10H,11H2,1H3/b16-9+. The van der Waals surface area contributed by atoms with Crippen LogP contribution in [0, 0.1) is 17.0 Å². The van der Waals surface area contributed by atoms with Gasteiger partial charge in [-0.15, -0.1) is 0 Å². The van der Waals surface area contributed by atoms with E-state index in [9.17, 15) is 14.9 Å². The number of ether oxygens (including phenoxy) is 2. The van der Waals surface area contributed by atoms with Crippen molar-refractivity contribution in [3.05, 3.63) is 86.6 Å². The Hall–Kier alpha value is -3.74. The topological polar surface area (TPSA) is 91.0 Å². The van der Waals surface area contributed by atoms with E-state index in [1.54, 1.807) is 25.1 Å². The fourth-order valence-corrected chi connectivity index (χ4v) is 2.86. The number of esters is 1. The minimum atomic E-state index is -0.604. The van der Waals surface area contributed by atoms with Gasteiger partial charge in [-0.2, -0.15) is 0 Å². The van der Waals surface area contributed by atoms with E-state index in [1.807, 2.05) is 30.3 Å². The quantitative estimate of drug-likeness (QED) is 0.360. The van der Waals surface area contributed by atoms with Crippen LogP contribution in [0.4, 0.5) is 5.69 Å². The predicted octanol–water partition coefficient (Wildman–Crippen LogP) is 3.57. The van der Waals surface area contributed by atoms with Crippen molar-refractivity contribution < 1.29 is 19.2 Å². The maximum Gasteiger partial charge on any atom is 0.363 e. The van der Waals surface area contributed by atoms with Crippen LogP contribution in [0.1, 0.15) is 16.7 Å². The molecular weight excluding hydrogens is 348 g/mol. The van der Waals surface area contributed by atoms with Crippen LogP contribution in [0.5, 0.6) is 5.75 Å². The molecule has 0 N–H and O–H groups in total. The number of para-hydroxylation sites is 1. The summed E-state index contributed by atoms with van der Waals surface area (Å²) in [6.45, 7) is 1.96. The molecule has 0 bridgehead atoms. The Labute approximate surface area is 154 Å². The van der Waals surface area contributed by atoms with Crippen molar-refractivity contribution in [2.45, 2.75) is 6.92 Å². The molecule has 0 saturated heterocycles. The Morgan fingerprint density at radius 3 is 2.85 bits per heavy atom. The van der Waals surface area contributed by atoms with Gasteiger partial charge in [-0.3, -0.25) is 10.1 Å². The van der Waals surface area contributed by atoms with Crippen LogP contribution < -0.4 is 4.74 Å². The second kappa shape index (κ2) is 6.53. The molecule has 7 heteroatoms. The van der Waals surface area contributed by atoms with Gasteiger partial charge in [0.05, 0.1) is 4.92 Å². The molecule has 0 amide bonds. The smallest absolute Gasteiger partial charge is 0.363 e. The zero-order valence-corrected chi connectivity index (χ0v) is 14.3. The molecule has 0 radical (unpaired) electrons. The van der Waals surface area contributed by atoms with Gasteiger partial charge in [0.1, 0.15) is 12.4 Å². The van der Waals surface area contributed by atoms with Gasteiger partial charge in [0.2, 0.25) is 5.90 Å². The molecule has 0 fully saturated rings. The molecule has 27 heavy (non-hydrogen) atoms. The normalized spacial score (nSPS) is 16.9. The summed E-state index contributed by atoms with van der Waals surface area (Å²) < 4.78 is 10.9. The highest BCUT2D eigenvalue weighted by Crippen LogP contribution is 2.28. The number of hydrogen-bond acceptors (Lipinski definition) is 6. The lowest BCUT2D eigenvalue weighted by Gasteiger charge is -2.15. The fourth-order valence-electron chi connectivity index (χ4n) is 2.86. The summed E-state index contributed by atoms with van der Waals surface area (Å²) in [5.74, 6) is 0.227. The minimum absolute atomic E-state index is 0.0482. The average Bonchev–Trinajstić information content (AvgIpc) is 3.02. The number of cyclic esters (lactones) is 1. The van der Waals surface area contributed by atoms with Crippen LogP contribution in [0.15, 0.2) is 64.8 Å². The van der Waals surface area contributed by atoms with Crippen LogP contribution in [0.25, 0.3) is 6.08 Å². The molecule has 2 aromatic rings. The highest BCUT2D eigenvalue weighted by molar-refractivity contribution is 6.11. The Morgan fingerprint density at radius 1 is 1.22 bits per heavy atom. The van der Waals surface area contributed by atoms with E-state index >= 15 is 0 Å².